The third-order valence-electron chi connectivity index (χ3n) is 6.64. The van der Waals surface area contributed by atoms with E-state index in [-0.39, 0.29) is 24.3 Å². The lowest BCUT2D eigenvalue weighted by Crippen LogP contribution is -2.25. The van der Waals surface area contributed by atoms with Gasteiger partial charge in [0.05, 0.1) is 26.0 Å². The van der Waals surface area contributed by atoms with Crippen molar-refractivity contribution in [3.63, 3.8) is 0 Å². The highest BCUT2D eigenvalue weighted by Gasteiger charge is 2.39. The molecule has 0 saturated heterocycles. The van der Waals surface area contributed by atoms with Crippen molar-refractivity contribution in [3.05, 3.63) is 89.0 Å². The number of nitrogens with zero attached hydrogens (tertiary/aromatic N) is 3. The predicted octanol–water partition coefficient (Wildman–Crippen LogP) is 5.50. The van der Waals surface area contributed by atoms with Crippen LogP contribution in [0.15, 0.2) is 76.8 Å². The molecule has 2 amide bonds. The van der Waals surface area contributed by atoms with E-state index in [2.05, 4.69) is 10.3 Å². The van der Waals surface area contributed by atoms with Gasteiger partial charge in [0.2, 0.25) is 5.91 Å². The number of methoxy groups -OCH3 is 2. The summed E-state index contributed by atoms with van der Waals surface area (Å²) in [6, 6.07) is 21.3. The highest BCUT2D eigenvalue weighted by molar-refractivity contribution is 8.15. The second-order valence-electron chi connectivity index (χ2n) is 9.58. The number of amides is 2. The summed E-state index contributed by atoms with van der Waals surface area (Å²) in [5, 5.41) is 9.52. The Bertz CT molecular complexity index is 1430. The molecule has 3 aromatic carbocycles. The van der Waals surface area contributed by atoms with Gasteiger partial charge in [0.25, 0.3) is 5.91 Å². The molecule has 2 atom stereocenters. The lowest BCUT2D eigenvalue weighted by Gasteiger charge is -2.23. The van der Waals surface area contributed by atoms with Crippen LogP contribution >= 0.6 is 11.8 Å². The number of nitrogens with one attached hydrogen (secondary N) is 1. The van der Waals surface area contributed by atoms with E-state index < -0.39 is 5.25 Å². The van der Waals surface area contributed by atoms with Gasteiger partial charge >= 0.3 is 0 Å². The standard InChI is InChI=1S/C30H30N4O4S/c1-18-13-19(2)15-22(14-18)31-28(35)17-27-29(36)32-30(39-27)34-26(21-7-11-24(38-4)12-8-21)16-25(33-34)20-5-9-23(37-3)10-6-20/h5-15,26-27H,16-17H2,1-4H3,(H,31,35)/t26-,27+/m0/s1. The molecular weight excluding hydrogens is 512 g/mol. The van der Waals surface area contributed by atoms with Crippen molar-refractivity contribution in [3.8, 4) is 11.5 Å². The minimum Gasteiger partial charge on any atom is -0.497 e. The van der Waals surface area contributed by atoms with E-state index in [9.17, 15) is 9.59 Å². The van der Waals surface area contributed by atoms with Gasteiger partial charge in [0.15, 0.2) is 5.17 Å². The largest absolute Gasteiger partial charge is 0.497 e. The van der Waals surface area contributed by atoms with Crippen LogP contribution in [0.3, 0.4) is 0 Å². The maximum absolute atomic E-state index is 12.9. The summed E-state index contributed by atoms with van der Waals surface area (Å²) in [6.45, 7) is 3.96. The summed E-state index contributed by atoms with van der Waals surface area (Å²) in [5.41, 5.74) is 5.72. The molecule has 3 aromatic rings. The third kappa shape index (κ3) is 5.98. The molecule has 0 unspecified atom stereocenters. The van der Waals surface area contributed by atoms with Crippen LogP contribution < -0.4 is 14.8 Å². The summed E-state index contributed by atoms with van der Waals surface area (Å²) in [5.74, 6) is 0.978. The molecule has 9 heteroatoms. The second-order valence-corrected chi connectivity index (χ2v) is 10.8. The normalized spacial score (nSPS) is 18.6. The van der Waals surface area contributed by atoms with Gasteiger partial charge < -0.3 is 14.8 Å². The lowest BCUT2D eigenvalue weighted by molar-refractivity contribution is -0.121. The first-order chi connectivity index (χ1) is 18.8. The number of rotatable bonds is 7. The second kappa shape index (κ2) is 11.3. The van der Waals surface area contributed by atoms with Crippen molar-refractivity contribution in [2.75, 3.05) is 19.5 Å². The third-order valence-corrected chi connectivity index (χ3v) is 7.78. The summed E-state index contributed by atoms with van der Waals surface area (Å²) < 4.78 is 10.6. The van der Waals surface area contributed by atoms with Crippen molar-refractivity contribution in [2.24, 2.45) is 10.1 Å². The molecule has 0 aromatic heterocycles. The Morgan fingerprint density at radius 1 is 0.974 bits per heavy atom. The van der Waals surface area contributed by atoms with Crippen LogP contribution in [0.1, 0.15) is 41.1 Å². The average molecular weight is 543 g/mol. The van der Waals surface area contributed by atoms with Crippen LogP contribution in [-0.2, 0) is 9.59 Å². The molecule has 0 fully saturated rings. The first kappa shape index (κ1) is 26.5. The number of hydrazone groups is 1. The molecule has 0 bridgehead atoms. The zero-order valence-corrected chi connectivity index (χ0v) is 23.1. The summed E-state index contributed by atoms with van der Waals surface area (Å²) in [7, 11) is 3.27. The molecule has 0 spiro atoms. The van der Waals surface area contributed by atoms with Crippen LogP contribution in [-0.4, -0.2) is 47.2 Å². The molecular formula is C30H30N4O4S. The molecule has 2 aliphatic rings. The number of benzene rings is 3. The first-order valence-corrected chi connectivity index (χ1v) is 13.5. The molecule has 5 rings (SSSR count). The number of amidine groups is 1. The van der Waals surface area contributed by atoms with Gasteiger partial charge in [0.1, 0.15) is 16.7 Å². The maximum Gasteiger partial charge on any atom is 0.262 e. The summed E-state index contributed by atoms with van der Waals surface area (Å²) in [4.78, 5) is 30.0. The first-order valence-electron chi connectivity index (χ1n) is 12.7. The zero-order valence-electron chi connectivity index (χ0n) is 22.3. The number of thioether (sulfide) groups is 1. The van der Waals surface area contributed by atoms with E-state index in [1.165, 1.54) is 11.8 Å². The Labute approximate surface area is 232 Å². The van der Waals surface area contributed by atoms with Crippen molar-refractivity contribution < 1.29 is 19.1 Å². The Balaban J connectivity index is 1.35. The number of carbonyl (C=O) groups excluding carboxylic acids is 2. The van der Waals surface area contributed by atoms with Crippen LogP contribution in [0, 0.1) is 13.8 Å². The van der Waals surface area contributed by atoms with E-state index in [1.807, 2.05) is 85.6 Å². The fourth-order valence-corrected chi connectivity index (χ4v) is 5.82. The number of hydrogen-bond acceptors (Lipinski definition) is 7. The van der Waals surface area contributed by atoms with Crippen molar-refractivity contribution in [1.29, 1.82) is 0 Å². The van der Waals surface area contributed by atoms with E-state index in [0.29, 0.717) is 11.6 Å². The van der Waals surface area contributed by atoms with Gasteiger partial charge in [-0.05, 0) is 84.6 Å². The quantitative estimate of drug-likeness (QED) is 0.424. The minimum absolute atomic E-state index is 0.0274. The summed E-state index contributed by atoms with van der Waals surface area (Å²) in [6.07, 6.45) is 0.657. The number of carbonyl (C=O) groups is 2. The molecule has 8 nitrogen and oxygen atoms in total. The average Bonchev–Trinajstić information content (AvgIpc) is 3.52. The zero-order chi connectivity index (χ0) is 27.5. The predicted molar refractivity (Wildman–Crippen MR) is 155 cm³/mol. The van der Waals surface area contributed by atoms with E-state index in [4.69, 9.17) is 14.6 Å². The fraction of sp³-hybridized carbons (Fsp3) is 0.267. The molecule has 2 aliphatic heterocycles. The Morgan fingerprint density at radius 3 is 2.21 bits per heavy atom. The van der Waals surface area contributed by atoms with Crippen LogP contribution in [0.25, 0.3) is 0 Å². The molecule has 0 saturated carbocycles. The summed E-state index contributed by atoms with van der Waals surface area (Å²) >= 11 is 1.28. The van der Waals surface area contributed by atoms with E-state index in [0.717, 1.165) is 45.2 Å². The minimum atomic E-state index is -0.609. The molecule has 0 radical (unpaired) electrons. The fourth-order valence-electron chi connectivity index (χ4n) is 4.76. The number of aryl methyl sites for hydroxylation is 2. The highest BCUT2D eigenvalue weighted by atomic mass is 32.2. The van der Waals surface area contributed by atoms with Gasteiger partial charge in [-0.15, -0.1) is 0 Å². The van der Waals surface area contributed by atoms with Gasteiger partial charge in [-0.1, -0.05) is 30.0 Å². The molecule has 1 N–H and O–H groups in total. The topological polar surface area (TPSA) is 92.6 Å². The van der Waals surface area contributed by atoms with Crippen LogP contribution in [0.5, 0.6) is 11.5 Å². The van der Waals surface area contributed by atoms with Crippen molar-refractivity contribution in [1.82, 2.24) is 5.01 Å². The van der Waals surface area contributed by atoms with E-state index >= 15 is 0 Å². The van der Waals surface area contributed by atoms with Crippen molar-refractivity contribution in [2.45, 2.75) is 38.0 Å². The maximum atomic E-state index is 12.9. The number of hydrogen-bond donors (Lipinski definition) is 1. The molecule has 200 valence electrons. The Kier molecular flexibility index (Phi) is 7.70. The highest BCUT2D eigenvalue weighted by Crippen LogP contribution is 2.39. The Hall–Kier alpha value is -4.11. The molecule has 2 heterocycles. The monoisotopic (exact) mass is 542 g/mol. The van der Waals surface area contributed by atoms with Gasteiger partial charge in [-0.3, -0.25) is 9.59 Å². The molecule has 0 aliphatic carbocycles. The van der Waals surface area contributed by atoms with Gasteiger partial charge in [-0.25, -0.2) is 5.01 Å². The number of anilines is 1. The molecule has 39 heavy (non-hydrogen) atoms. The van der Waals surface area contributed by atoms with Gasteiger partial charge in [-0.2, -0.15) is 10.1 Å². The SMILES string of the molecule is COc1ccc(C2=NN(C3=NC(=O)[C@@H](CC(=O)Nc4cc(C)cc(C)c4)S3)[C@H](c3ccc(OC)cc3)C2)cc1. The lowest BCUT2D eigenvalue weighted by atomic mass is 9.98. The Morgan fingerprint density at radius 2 is 1.59 bits per heavy atom. The van der Waals surface area contributed by atoms with Crippen LogP contribution in [0.2, 0.25) is 0 Å². The van der Waals surface area contributed by atoms with Crippen LogP contribution in [0.4, 0.5) is 5.69 Å². The number of aliphatic imine (C=N–C) groups is 1. The van der Waals surface area contributed by atoms with Crippen molar-refractivity contribution >= 4 is 40.1 Å². The number of ether oxygens (including phenoxy) is 2. The smallest absolute Gasteiger partial charge is 0.262 e. The van der Waals surface area contributed by atoms with E-state index in [1.54, 1.807) is 14.2 Å². The van der Waals surface area contributed by atoms with Gasteiger partial charge in [0, 0.05) is 18.5 Å².